The third-order valence-corrected chi connectivity index (χ3v) is 3.21. The first-order valence-corrected chi connectivity index (χ1v) is 6.78. The fourth-order valence-electron chi connectivity index (χ4n) is 2.11. The molecule has 3 rings (SSSR count). The van der Waals surface area contributed by atoms with Crippen molar-refractivity contribution in [3.8, 4) is 0 Å². The van der Waals surface area contributed by atoms with E-state index in [1.54, 1.807) is 18.5 Å². The maximum atomic E-state index is 11.9. The molecule has 0 spiro atoms. The smallest absolute Gasteiger partial charge is 0.357 e. The lowest BCUT2D eigenvalue weighted by atomic mass is 10.2. The van der Waals surface area contributed by atoms with E-state index in [1.165, 1.54) is 0 Å². The van der Waals surface area contributed by atoms with Gasteiger partial charge in [-0.15, -0.1) is 0 Å². The van der Waals surface area contributed by atoms with Gasteiger partial charge >= 0.3 is 5.97 Å². The molecule has 2 aromatic heterocycles. The van der Waals surface area contributed by atoms with Crippen molar-refractivity contribution >= 4 is 17.1 Å². The van der Waals surface area contributed by atoms with Gasteiger partial charge in [-0.2, -0.15) is 0 Å². The Labute approximate surface area is 116 Å². The van der Waals surface area contributed by atoms with Crippen LogP contribution in [0.2, 0.25) is 0 Å². The van der Waals surface area contributed by atoms with Gasteiger partial charge in [0.15, 0.2) is 11.3 Å². The lowest BCUT2D eigenvalue weighted by molar-refractivity contribution is -0.0587. The Hall–Kier alpha value is -1.95. The summed E-state index contributed by atoms with van der Waals surface area (Å²) in [6.45, 7) is 5.16. The van der Waals surface area contributed by atoms with Crippen molar-refractivity contribution in [3.05, 3.63) is 24.2 Å². The van der Waals surface area contributed by atoms with E-state index >= 15 is 0 Å². The van der Waals surface area contributed by atoms with Crippen LogP contribution in [0.5, 0.6) is 0 Å². The number of ether oxygens (including phenoxy) is 2. The summed E-state index contributed by atoms with van der Waals surface area (Å²) in [5, 5.41) is 0. The molecule has 1 saturated heterocycles. The summed E-state index contributed by atoms with van der Waals surface area (Å²) in [5.74, 6) is -0.408. The van der Waals surface area contributed by atoms with Crippen LogP contribution in [0.1, 0.15) is 30.8 Å². The van der Waals surface area contributed by atoms with Gasteiger partial charge < -0.3 is 14.0 Å². The van der Waals surface area contributed by atoms with Crippen molar-refractivity contribution in [2.45, 2.75) is 39.0 Å². The molecule has 0 amide bonds. The highest BCUT2D eigenvalue weighted by molar-refractivity contribution is 5.89. The fraction of sp³-hybridized carbons (Fsp3) is 0.500. The van der Waals surface area contributed by atoms with Crippen LogP contribution in [0.3, 0.4) is 0 Å². The number of rotatable bonds is 4. The molecule has 6 nitrogen and oxygen atoms in total. The minimum Gasteiger partial charge on any atom is -0.458 e. The van der Waals surface area contributed by atoms with E-state index in [0.717, 1.165) is 18.5 Å². The number of esters is 1. The number of carbonyl (C=O) groups excluding carboxylic acids is 1. The highest BCUT2D eigenvalue weighted by atomic mass is 16.5. The SMILES string of the molecule is CC(C)OC(=O)c1ccc2ncn(C[C@@H]3CCO3)c2n1. The van der Waals surface area contributed by atoms with Crippen molar-refractivity contribution in [2.75, 3.05) is 6.61 Å². The lowest BCUT2D eigenvalue weighted by Gasteiger charge is -2.26. The molecular weight excluding hydrogens is 258 g/mol. The zero-order valence-corrected chi connectivity index (χ0v) is 11.6. The van der Waals surface area contributed by atoms with E-state index in [0.29, 0.717) is 17.9 Å². The normalized spacial score (nSPS) is 18.2. The zero-order chi connectivity index (χ0) is 14.1. The molecule has 0 aromatic carbocycles. The van der Waals surface area contributed by atoms with Crippen molar-refractivity contribution < 1.29 is 14.3 Å². The van der Waals surface area contributed by atoms with E-state index in [4.69, 9.17) is 9.47 Å². The largest absolute Gasteiger partial charge is 0.458 e. The van der Waals surface area contributed by atoms with Gasteiger partial charge in [-0.25, -0.2) is 14.8 Å². The fourth-order valence-corrected chi connectivity index (χ4v) is 2.11. The van der Waals surface area contributed by atoms with Gasteiger partial charge in [0.05, 0.1) is 25.1 Å². The summed E-state index contributed by atoms with van der Waals surface area (Å²) >= 11 is 0. The number of hydrogen-bond acceptors (Lipinski definition) is 5. The van der Waals surface area contributed by atoms with Gasteiger partial charge in [0.25, 0.3) is 0 Å². The lowest BCUT2D eigenvalue weighted by Crippen LogP contribution is -2.31. The van der Waals surface area contributed by atoms with Gasteiger partial charge in [-0.05, 0) is 32.4 Å². The third kappa shape index (κ3) is 2.51. The standard InChI is InChI=1S/C14H17N3O3/c1-9(2)20-14(18)12-4-3-11-13(16-12)17(8-15-11)7-10-5-6-19-10/h3-4,8-10H,5-7H2,1-2H3/t10-/m0/s1. The second-order valence-electron chi connectivity index (χ2n) is 5.17. The second-order valence-corrected chi connectivity index (χ2v) is 5.17. The van der Waals surface area contributed by atoms with Crippen molar-refractivity contribution in [2.24, 2.45) is 0 Å². The Balaban J connectivity index is 1.88. The van der Waals surface area contributed by atoms with Gasteiger partial charge in [0.1, 0.15) is 5.52 Å². The predicted octanol–water partition coefficient (Wildman–Crippen LogP) is 1.79. The molecule has 0 bridgehead atoms. The van der Waals surface area contributed by atoms with Gasteiger partial charge in [0, 0.05) is 6.61 Å². The molecule has 2 aromatic rings. The summed E-state index contributed by atoms with van der Waals surface area (Å²) in [6, 6.07) is 3.43. The van der Waals surface area contributed by atoms with Crippen LogP contribution in [0.25, 0.3) is 11.2 Å². The summed E-state index contributed by atoms with van der Waals surface area (Å²) in [4.78, 5) is 20.5. The highest BCUT2D eigenvalue weighted by Crippen LogP contribution is 2.17. The van der Waals surface area contributed by atoms with Crippen LogP contribution >= 0.6 is 0 Å². The molecule has 0 radical (unpaired) electrons. The summed E-state index contributed by atoms with van der Waals surface area (Å²) in [5.41, 5.74) is 1.77. The molecule has 1 atom stereocenters. The number of nitrogens with zero attached hydrogens (tertiary/aromatic N) is 3. The number of aromatic nitrogens is 3. The van der Waals surface area contributed by atoms with Crippen LogP contribution < -0.4 is 0 Å². The monoisotopic (exact) mass is 275 g/mol. The molecule has 0 unspecified atom stereocenters. The molecule has 1 fully saturated rings. The van der Waals surface area contributed by atoms with Crippen molar-refractivity contribution in [1.29, 1.82) is 0 Å². The minimum absolute atomic E-state index is 0.159. The summed E-state index contributed by atoms with van der Waals surface area (Å²) in [6.07, 6.45) is 2.85. The highest BCUT2D eigenvalue weighted by Gasteiger charge is 2.20. The molecule has 1 aliphatic rings. The molecule has 1 aliphatic heterocycles. The number of fused-ring (bicyclic) bond motifs is 1. The Morgan fingerprint density at radius 2 is 2.35 bits per heavy atom. The predicted molar refractivity (Wildman–Crippen MR) is 72.4 cm³/mol. The van der Waals surface area contributed by atoms with Crippen molar-refractivity contribution in [3.63, 3.8) is 0 Å². The zero-order valence-electron chi connectivity index (χ0n) is 11.6. The van der Waals surface area contributed by atoms with Crippen molar-refractivity contribution in [1.82, 2.24) is 14.5 Å². The van der Waals surface area contributed by atoms with E-state index < -0.39 is 5.97 Å². The summed E-state index contributed by atoms with van der Waals surface area (Å²) in [7, 11) is 0. The second kappa shape index (κ2) is 5.20. The quantitative estimate of drug-likeness (QED) is 0.796. The molecular formula is C14H17N3O3. The van der Waals surface area contributed by atoms with E-state index in [1.807, 2.05) is 18.4 Å². The average molecular weight is 275 g/mol. The maximum Gasteiger partial charge on any atom is 0.357 e. The average Bonchev–Trinajstić information content (AvgIpc) is 2.75. The Bertz CT molecular complexity index is 632. The topological polar surface area (TPSA) is 66.2 Å². The van der Waals surface area contributed by atoms with Gasteiger partial charge in [-0.1, -0.05) is 0 Å². The van der Waals surface area contributed by atoms with Crippen LogP contribution in [0.4, 0.5) is 0 Å². The minimum atomic E-state index is -0.408. The Kier molecular flexibility index (Phi) is 3.40. The van der Waals surface area contributed by atoms with E-state index in [9.17, 15) is 4.79 Å². The van der Waals surface area contributed by atoms with Crippen LogP contribution in [-0.2, 0) is 16.0 Å². The molecule has 6 heteroatoms. The molecule has 0 saturated carbocycles. The van der Waals surface area contributed by atoms with Gasteiger partial charge in [0.2, 0.25) is 0 Å². The number of pyridine rings is 1. The maximum absolute atomic E-state index is 11.9. The van der Waals surface area contributed by atoms with E-state index in [2.05, 4.69) is 9.97 Å². The van der Waals surface area contributed by atoms with Crippen LogP contribution in [-0.4, -0.2) is 39.3 Å². The third-order valence-electron chi connectivity index (χ3n) is 3.21. The van der Waals surface area contributed by atoms with Crippen LogP contribution in [0, 0.1) is 0 Å². The molecule has 0 N–H and O–H groups in total. The summed E-state index contributed by atoms with van der Waals surface area (Å²) < 4.78 is 12.5. The first-order valence-electron chi connectivity index (χ1n) is 6.78. The molecule has 3 heterocycles. The Morgan fingerprint density at radius 1 is 1.55 bits per heavy atom. The van der Waals surface area contributed by atoms with Gasteiger partial charge in [-0.3, -0.25) is 0 Å². The first-order chi connectivity index (χ1) is 9.63. The first kappa shape index (κ1) is 13.1. The molecule has 0 aliphatic carbocycles. The molecule has 106 valence electrons. The number of carbonyl (C=O) groups is 1. The molecule has 20 heavy (non-hydrogen) atoms. The number of hydrogen-bond donors (Lipinski definition) is 0. The number of imidazole rings is 1. The Morgan fingerprint density at radius 3 is 3.00 bits per heavy atom. The van der Waals surface area contributed by atoms with E-state index in [-0.39, 0.29) is 12.2 Å². The van der Waals surface area contributed by atoms with Crippen LogP contribution in [0.15, 0.2) is 18.5 Å².